The number of benzene rings is 2. The van der Waals surface area contributed by atoms with Crippen molar-refractivity contribution in [1.82, 2.24) is 4.90 Å². The van der Waals surface area contributed by atoms with Crippen LogP contribution in [0.4, 0.5) is 4.79 Å². The molecule has 0 aromatic heterocycles. The first kappa shape index (κ1) is 20.4. The first-order chi connectivity index (χ1) is 13.7. The minimum atomic E-state index is -1.22. The predicted molar refractivity (Wildman–Crippen MR) is 105 cm³/mol. The average molecular weight is 397 g/mol. The second-order valence-corrected chi connectivity index (χ2v) is 7.64. The molecule has 3 rings (SSSR count). The number of hydrogen-bond acceptors (Lipinski definition) is 3. The number of carboxylic acid groups (broad SMARTS) is 3. The fraction of sp³-hybridized carbons (Fsp3) is 0.318. The van der Waals surface area contributed by atoms with Crippen LogP contribution in [-0.2, 0) is 12.0 Å². The van der Waals surface area contributed by atoms with Crippen LogP contribution in [0.1, 0.15) is 52.1 Å². The van der Waals surface area contributed by atoms with Crippen molar-refractivity contribution in [2.75, 3.05) is 0 Å². The Kier molecular flexibility index (Phi) is 5.33. The molecule has 2 aromatic carbocycles. The van der Waals surface area contributed by atoms with Crippen molar-refractivity contribution in [3.63, 3.8) is 0 Å². The maximum atomic E-state index is 12.2. The third-order valence-electron chi connectivity index (χ3n) is 5.94. The molecule has 0 radical (unpaired) electrons. The van der Waals surface area contributed by atoms with Crippen molar-refractivity contribution in [2.24, 2.45) is 5.92 Å². The fourth-order valence-electron chi connectivity index (χ4n) is 4.60. The van der Waals surface area contributed by atoms with Gasteiger partial charge in [-0.25, -0.2) is 14.4 Å². The van der Waals surface area contributed by atoms with Gasteiger partial charge in [0.15, 0.2) is 0 Å². The summed E-state index contributed by atoms with van der Waals surface area (Å²) in [5, 5.41) is 29.1. The molecular formula is C22H23NO6. The van der Waals surface area contributed by atoms with Crippen molar-refractivity contribution in [3.8, 4) is 0 Å². The highest BCUT2D eigenvalue weighted by atomic mass is 16.4. The molecule has 1 aliphatic rings. The van der Waals surface area contributed by atoms with E-state index < -0.39 is 23.6 Å². The van der Waals surface area contributed by atoms with Gasteiger partial charge in [-0.05, 0) is 61.9 Å². The number of rotatable bonds is 5. The summed E-state index contributed by atoms with van der Waals surface area (Å²) in [7, 11) is 0. The lowest BCUT2D eigenvalue weighted by atomic mass is 9.75. The zero-order valence-corrected chi connectivity index (χ0v) is 16.2. The molecule has 1 heterocycles. The van der Waals surface area contributed by atoms with E-state index in [1.807, 2.05) is 30.3 Å². The molecule has 3 atom stereocenters. The maximum absolute atomic E-state index is 12.2. The van der Waals surface area contributed by atoms with Crippen LogP contribution in [0.15, 0.2) is 48.5 Å². The Morgan fingerprint density at radius 2 is 1.69 bits per heavy atom. The second kappa shape index (κ2) is 7.58. The average Bonchev–Trinajstić information content (AvgIpc) is 2.92. The van der Waals surface area contributed by atoms with Gasteiger partial charge < -0.3 is 15.3 Å². The summed E-state index contributed by atoms with van der Waals surface area (Å²) in [6.07, 6.45) is -0.0804. The summed E-state index contributed by atoms with van der Waals surface area (Å²) in [6, 6.07) is 13.0. The van der Waals surface area contributed by atoms with E-state index in [1.165, 1.54) is 23.1 Å². The van der Waals surface area contributed by atoms with Gasteiger partial charge in [0.1, 0.15) is 0 Å². The summed E-state index contributed by atoms with van der Waals surface area (Å²) in [5.41, 5.74) is -0.141. The lowest BCUT2D eigenvalue weighted by Gasteiger charge is -2.40. The van der Waals surface area contributed by atoms with Crippen molar-refractivity contribution < 1.29 is 29.7 Å². The van der Waals surface area contributed by atoms with Crippen molar-refractivity contribution in [3.05, 3.63) is 70.8 Å². The number of carboxylic acids is 2. The third-order valence-corrected chi connectivity index (χ3v) is 5.94. The largest absolute Gasteiger partial charge is 0.478 e. The monoisotopic (exact) mass is 397 g/mol. The van der Waals surface area contributed by atoms with E-state index in [2.05, 4.69) is 0 Å². The molecule has 0 bridgehead atoms. The second-order valence-electron chi connectivity index (χ2n) is 7.64. The van der Waals surface area contributed by atoms with Gasteiger partial charge in [-0.3, -0.25) is 4.90 Å². The van der Waals surface area contributed by atoms with Crippen LogP contribution in [0.25, 0.3) is 0 Å². The molecule has 2 aromatic rings. The van der Waals surface area contributed by atoms with Gasteiger partial charge in [-0.2, -0.15) is 0 Å². The third kappa shape index (κ3) is 3.55. The molecule has 3 N–H and O–H groups in total. The topological polar surface area (TPSA) is 115 Å². The number of aromatic carboxylic acids is 2. The molecule has 7 nitrogen and oxygen atoms in total. The molecule has 0 aliphatic carbocycles. The minimum Gasteiger partial charge on any atom is -0.478 e. The summed E-state index contributed by atoms with van der Waals surface area (Å²) >= 11 is 0. The van der Waals surface area contributed by atoms with Crippen molar-refractivity contribution in [1.29, 1.82) is 0 Å². The Labute approximate surface area is 168 Å². The Hall–Kier alpha value is -3.35. The molecule has 0 spiro atoms. The minimum absolute atomic E-state index is 0.0745. The number of likely N-dealkylation sites (tertiary alicyclic amines) is 1. The van der Waals surface area contributed by atoms with Crippen LogP contribution >= 0.6 is 0 Å². The quantitative estimate of drug-likeness (QED) is 0.704. The molecule has 0 saturated carbocycles. The van der Waals surface area contributed by atoms with Crippen molar-refractivity contribution in [2.45, 2.75) is 38.3 Å². The van der Waals surface area contributed by atoms with Gasteiger partial charge in [0, 0.05) is 6.04 Å². The molecule has 1 amide bonds. The SMILES string of the molecule is C[C@H]1C[C@H](Cc2ccccc2)C(C)(c2cc(C(=O)O)ccc2C(=O)O)N1C(=O)O. The van der Waals surface area contributed by atoms with Crippen LogP contribution in [0.3, 0.4) is 0 Å². The lowest BCUT2D eigenvalue weighted by Crippen LogP contribution is -2.49. The van der Waals surface area contributed by atoms with Crippen LogP contribution in [0, 0.1) is 5.92 Å². The maximum Gasteiger partial charge on any atom is 0.408 e. The highest BCUT2D eigenvalue weighted by Crippen LogP contribution is 2.49. The first-order valence-electron chi connectivity index (χ1n) is 9.33. The summed E-state index contributed by atoms with van der Waals surface area (Å²) in [6.45, 7) is 3.49. The van der Waals surface area contributed by atoms with Gasteiger partial charge in [0.05, 0.1) is 16.7 Å². The number of carbonyl (C=O) groups is 3. The van der Waals surface area contributed by atoms with Crippen LogP contribution < -0.4 is 0 Å². The van der Waals surface area contributed by atoms with Crippen LogP contribution in [0.5, 0.6) is 0 Å². The fourth-order valence-corrected chi connectivity index (χ4v) is 4.60. The number of nitrogens with zero attached hydrogens (tertiary/aromatic N) is 1. The summed E-state index contributed by atoms with van der Waals surface area (Å²) < 4.78 is 0. The highest BCUT2D eigenvalue weighted by molar-refractivity contribution is 5.94. The molecule has 1 unspecified atom stereocenters. The Balaban J connectivity index is 2.21. The molecule has 152 valence electrons. The van der Waals surface area contributed by atoms with Gasteiger partial charge in [0.2, 0.25) is 0 Å². The van der Waals surface area contributed by atoms with Crippen LogP contribution in [0.2, 0.25) is 0 Å². The van der Waals surface area contributed by atoms with E-state index in [9.17, 15) is 29.7 Å². The van der Waals surface area contributed by atoms with Gasteiger partial charge >= 0.3 is 18.0 Å². The summed E-state index contributed by atoms with van der Waals surface area (Å²) in [4.78, 5) is 36.9. The Morgan fingerprint density at radius 1 is 1.03 bits per heavy atom. The molecule has 7 heteroatoms. The predicted octanol–water partition coefficient (Wildman–Crippen LogP) is 3.93. The first-order valence-corrected chi connectivity index (χ1v) is 9.33. The van der Waals surface area contributed by atoms with E-state index in [1.54, 1.807) is 13.8 Å². The van der Waals surface area contributed by atoms with Gasteiger partial charge in [0.25, 0.3) is 0 Å². The normalized spacial score (nSPS) is 23.7. The van der Waals surface area contributed by atoms with Gasteiger partial charge in [-0.1, -0.05) is 30.3 Å². The Morgan fingerprint density at radius 3 is 2.24 bits per heavy atom. The van der Waals surface area contributed by atoms with E-state index in [0.717, 1.165) is 5.56 Å². The molecule has 1 aliphatic heterocycles. The molecule has 29 heavy (non-hydrogen) atoms. The molecule has 1 fully saturated rings. The Bertz CT molecular complexity index is 957. The smallest absolute Gasteiger partial charge is 0.408 e. The van der Waals surface area contributed by atoms with E-state index in [-0.39, 0.29) is 28.7 Å². The zero-order chi connectivity index (χ0) is 21.3. The van der Waals surface area contributed by atoms with E-state index in [4.69, 9.17) is 0 Å². The lowest BCUT2D eigenvalue weighted by molar-refractivity contribution is 0.0640. The number of amides is 1. The standard InChI is InChI=1S/C22H23NO6/c1-13-10-16(11-14-6-4-3-5-7-14)22(2,23(13)21(28)29)18-12-15(19(24)25)8-9-17(18)20(26)27/h3-9,12-13,16H,10-11H2,1-2H3,(H,24,25)(H,26,27)(H,28,29)/t13-,16+,22?/m0/s1. The van der Waals surface area contributed by atoms with E-state index >= 15 is 0 Å². The number of hydrogen-bond donors (Lipinski definition) is 3. The summed E-state index contributed by atoms with van der Waals surface area (Å²) in [5.74, 6) is -2.64. The van der Waals surface area contributed by atoms with E-state index in [0.29, 0.717) is 12.8 Å². The zero-order valence-electron chi connectivity index (χ0n) is 16.2. The van der Waals surface area contributed by atoms with Crippen LogP contribution in [-0.4, -0.2) is 44.3 Å². The highest BCUT2D eigenvalue weighted by Gasteiger charge is 2.53. The molecular weight excluding hydrogens is 374 g/mol. The van der Waals surface area contributed by atoms with Gasteiger partial charge in [-0.15, -0.1) is 0 Å². The van der Waals surface area contributed by atoms with Crippen molar-refractivity contribution >= 4 is 18.0 Å². The molecule has 1 saturated heterocycles.